The first-order valence-electron chi connectivity index (χ1n) is 7.90. The van der Waals surface area contributed by atoms with E-state index in [-0.39, 0.29) is 5.82 Å². The van der Waals surface area contributed by atoms with Crippen molar-refractivity contribution < 1.29 is 0 Å². The molecule has 1 saturated heterocycles. The zero-order valence-corrected chi connectivity index (χ0v) is 16.2. The van der Waals surface area contributed by atoms with Gasteiger partial charge in [-0.15, -0.1) is 0 Å². The predicted octanol–water partition coefficient (Wildman–Crippen LogP) is 5.01. The summed E-state index contributed by atoms with van der Waals surface area (Å²) in [5, 5.41) is 4.95. The molecule has 2 heterocycles. The van der Waals surface area contributed by atoms with Crippen molar-refractivity contribution in [3.8, 4) is 0 Å². The van der Waals surface area contributed by atoms with Crippen LogP contribution in [0.25, 0.3) is 10.9 Å². The Hall–Kier alpha value is -0.520. The predicted molar refractivity (Wildman–Crippen MR) is 103 cm³/mol. The highest BCUT2D eigenvalue weighted by Crippen LogP contribution is 2.38. The Morgan fingerprint density at radius 3 is 2.79 bits per heavy atom. The minimum atomic E-state index is -1.67. The Morgan fingerprint density at radius 2 is 2.08 bits per heavy atom. The Morgan fingerprint density at radius 1 is 1.29 bits per heavy atom. The van der Waals surface area contributed by atoms with Crippen LogP contribution in [0.1, 0.15) is 25.6 Å². The third kappa shape index (κ3) is 4.17. The summed E-state index contributed by atoms with van der Waals surface area (Å²) in [5.74, 6) is 0.819. The lowest BCUT2D eigenvalue weighted by molar-refractivity contribution is 0.226. The van der Waals surface area contributed by atoms with Crippen molar-refractivity contribution in [2.75, 3.05) is 25.0 Å². The Labute approximate surface area is 161 Å². The van der Waals surface area contributed by atoms with Gasteiger partial charge in [0.1, 0.15) is 5.82 Å². The molecule has 0 radical (unpaired) electrons. The van der Waals surface area contributed by atoms with Crippen LogP contribution >= 0.6 is 46.4 Å². The smallest absolute Gasteiger partial charge is 0.250 e. The molecule has 0 saturated carbocycles. The lowest BCUT2D eigenvalue weighted by atomic mass is 10.1. The van der Waals surface area contributed by atoms with Crippen LogP contribution in [0.4, 0.5) is 5.82 Å². The fourth-order valence-electron chi connectivity index (χ4n) is 2.99. The second-order valence-corrected chi connectivity index (χ2v) is 8.65. The molecule has 1 atom stereocenters. The summed E-state index contributed by atoms with van der Waals surface area (Å²) in [7, 11) is 0. The van der Waals surface area contributed by atoms with Crippen molar-refractivity contribution in [1.82, 2.24) is 14.9 Å². The van der Waals surface area contributed by atoms with E-state index in [2.05, 4.69) is 27.1 Å². The van der Waals surface area contributed by atoms with Gasteiger partial charge in [-0.3, -0.25) is 0 Å². The molecule has 1 unspecified atom stereocenters. The summed E-state index contributed by atoms with van der Waals surface area (Å²) in [5.41, 5.74) is 0.696. The number of nitrogens with zero attached hydrogens (tertiary/aromatic N) is 3. The molecule has 1 aliphatic rings. The number of halogens is 4. The molecule has 1 aromatic carbocycles. The molecular formula is C16H18Cl4N4. The second kappa shape index (κ2) is 7.38. The van der Waals surface area contributed by atoms with Crippen LogP contribution in [0.3, 0.4) is 0 Å². The number of anilines is 1. The topological polar surface area (TPSA) is 41.0 Å². The van der Waals surface area contributed by atoms with Gasteiger partial charge in [-0.25, -0.2) is 9.97 Å². The number of likely N-dealkylation sites (N-methyl/N-ethyl adjacent to an activating group) is 1. The maximum Gasteiger partial charge on any atom is 0.250 e. The number of hydrogen-bond acceptors (Lipinski definition) is 4. The Bertz CT molecular complexity index is 732. The largest absolute Gasteiger partial charge is 0.365 e. The van der Waals surface area contributed by atoms with Gasteiger partial charge in [0.2, 0.25) is 3.79 Å². The quantitative estimate of drug-likeness (QED) is 0.726. The highest BCUT2D eigenvalue weighted by atomic mass is 35.6. The Kier molecular flexibility index (Phi) is 5.62. The van der Waals surface area contributed by atoms with Crippen molar-refractivity contribution in [1.29, 1.82) is 0 Å². The third-order valence-corrected chi connectivity index (χ3v) is 4.95. The molecule has 4 nitrogen and oxygen atoms in total. The summed E-state index contributed by atoms with van der Waals surface area (Å²) >= 11 is 24.1. The molecule has 3 rings (SSSR count). The summed E-state index contributed by atoms with van der Waals surface area (Å²) in [6.07, 6.45) is 2.22. The summed E-state index contributed by atoms with van der Waals surface area (Å²) in [6.45, 7) is 5.30. The molecule has 130 valence electrons. The van der Waals surface area contributed by atoms with E-state index in [4.69, 9.17) is 46.4 Å². The average Bonchev–Trinajstić information content (AvgIpc) is 2.54. The highest BCUT2D eigenvalue weighted by molar-refractivity contribution is 6.66. The van der Waals surface area contributed by atoms with Gasteiger partial charge in [0.05, 0.1) is 5.52 Å². The van der Waals surface area contributed by atoms with Crippen molar-refractivity contribution >= 4 is 63.1 Å². The average molecular weight is 408 g/mol. The molecule has 1 aliphatic heterocycles. The zero-order chi connectivity index (χ0) is 17.3. The number of fused-ring (bicyclic) bond motifs is 1. The van der Waals surface area contributed by atoms with Gasteiger partial charge < -0.3 is 10.2 Å². The number of rotatable bonds is 3. The van der Waals surface area contributed by atoms with Gasteiger partial charge in [0.15, 0.2) is 5.82 Å². The van der Waals surface area contributed by atoms with Crippen molar-refractivity contribution in [2.45, 2.75) is 29.6 Å². The first-order valence-corrected chi connectivity index (χ1v) is 9.41. The summed E-state index contributed by atoms with van der Waals surface area (Å²) in [4.78, 5) is 11.2. The van der Waals surface area contributed by atoms with Crippen LogP contribution in [0.2, 0.25) is 5.02 Å². The molecule has 1 N–H and O–H groups in total. The molecule has 24 heavy (non-hydrogen) atoms. The highest BCUT2D eigenvalue weighted by Gasteiger charge is 2.29. The fourth-order valence-corrected chi connectivity index (χ4v) is 3.42. The lowest BCUT2D eigenvalue weighted by Crippen LogP contribution is -2.42. The maximum absolute atomic E-state index is 6.14. The molecule has 1 aromatic heterocycles. The fraction of sp³-hybridized carbons (Fsp3) is 0.500. The summed E-state index contributed by atoms with van der Waals surface area (Å²) < 4.78 is -1.67. The van der Waals surface area contributed by atoms with Gasteiger partial charge in [-0.2, -0.15) is 0 Å². The Balaban J connectivity index is 1.99. The minimum Gasteiger partial charge on any atom is -0.365 e. The number of benzene rings is 1. The number of alkyl halides is 3. The van der Waals surface area contributed by atoms with Gasteiger partial charge in [-0.1, -0.05) is 53.3 Å². The first-order chi connectivity index (χ1) is 11.4. The van der Waals surface area contributed by atoms with E-state index >= 15 is 0 Å². The normalized spacial score (nSPS) is 19.6. The molecule has 1 fully saturated rings. The van der Waals surface area contributed by atoms with E-state index in [1.165, 1.54) is 0 Å². The molecule has 0 bridgehead atoms. The van der Waals surface area contributed by atoms with Gasteiger partial charge in [0.25, 0.3) is 0 Å². The van der Waals surface area contributed by atoms with Gasteiger partial charge >= 0.3 is 0 Å². The molecule has 2 aromatic rings. The number of aromatic nitrogens is 2. The van der Waals surface area contributed by atoms with Gasteiger partial charge in [0, 0.05) is 23.0 Å². The standard InChI is InChI=1S/C16H18Cl4N4/c1-2-24-7-3-4-11(9-24)21-14-12-8-10(17)5-6-13(12)22-15(23-14)16(18,19)20/h5-6,8,11H,2-4,7,9H2,1H3,(H,21,22,23). The number of nitrogens with one attached hydrogen (secondary N) is 1. The molecular weight excluding hydrogens is 390 g/mol. The van der Waals surface area contributed by atoms with Crippen molar-refractivity contribution in [3.05, 3.63) is 29.0 Å². The van der Waals surface area contributed by atoms with Crippen LogP contribution in [0.5, 0.6) is 0 Å². The molecule has 0 spiro atoms. The summed E-state index contributed by atoms with van der Waals surface area (Å²) in [6, 6.07) is 5.70. The van der Waals surface area contributed by atoms with Crippen LogP contribution in [-0.4, -0.2) is 40.5 Å². The number of piperidine rings is 1. The van der Waals surface area contributed by atoms with Crippen LogP contribution in [0, 0.1) is 0 Å². The van der Waals surface area contributed by atoms with Gasteiger partial charge in [-0.05, 0) is 44.1 Å². The van der Waals surface area contributed by atoms with Crippen LogP contribution in [0.15, 0.2) is 18.2 Å². The third-order valence-electron chi connectivity index (χ3n) is 4.20. The van der Waals surface area contributed by atoms with E-state index in [9.17, 15) is 0 Å². The zero-order valence-electron chi connectivity index (χ0n) is 13.2. The van der Waals surface area contributed by atoms with Crippen molar-refractivity contribution in [3.63, 3.8) is 0 Å². The first kappa shape index (κ1) is 18.3. The maximum atomic E-state index is 6.14. The monoisotopic (exact) mass is 406 g/mol. The van der Waals surface area contributed by atoms with Crippen LogP contribution < -0.4 is 5.32 Å². The van der Waals surface area contributed by atoms with E-state index in [0.717, 1.165) is 37.9 Å². The van der Waals surface area contributed by atoms with E-state index in [1.807, 2.05) is 12.1 Å². The van der Waals surface area contributed by atoms with E-state index in [1.54, 1.807) is 6.07 Å². The van der Waals surface area contributed by atoms with Crippen molar-refractivity contribution in [2.24, 2.45) is 0 Å². The molecule has 0 amide bonds. The lowest BCUT2D eigenvalue weighted by Gasteiger charge is -2.32. The molecule has 8 heteroatoms. The van der Waals surface area contributed by atoms with E-state index < -0.39 is 3.79 Å². The SMILES string of the molecule is CCN1CCCC(Nc2nc(C(Cl)(Cl)Cl)nc3ccc(Cl)cc23)C1. The van der Waals surface area contributed by atoms with E-state index in [0.29, 0.717) is 22.4 Å². The minimum absolute atomic E-state index is 0.160. The number of likely N-dealkylation sites (tertiary alicyclic amines) is 1. The van der Waals surface area contributed by atoms with Crippen LogP contribution in [-0.2, 0) is 3.79 Å². The molecule has 0 aliphatic carbocycles. The second-order valence-electron chi connectivity index (χ2n) is 5.93. The number of hydrogen-bond donors (Lipinski definition) is 1.